The van der Waals surface area contributed by atoms with Crippen LogP contribution in [-0.2, 0) is 16.1 Å². The molecule has 2 aromatic rings. The van der Waals surface area contributed by atoms with Gasteiger partial charge in [0.25, 0.3) is 5.91 Å². The Labute approximate surface area is 134 Å². The fourth-order valence-corrected chi connectivity index (χ4v) is 2.94. The lowest BCUT2D eigenvalue weighted by Gasteiger charge is -2.26. The van der Waals surface area contributed by atoms with Crippen LogP contribution >= 0.6 is 0 Å². The highest BCUT2D eigenvalue weighted by Gasteiger charge is 2.42. The van der Waals surface area contributed by atoms with Crippen molar-refractivity contribution in [3.8, 4) is 0 Å². The van der Waals surface area contributed by atoms with Gasteiger partial charge < -0.3 is 10.0 Å². The summed E-state index contributed by atoms with van der Waals surface area (Å²) in [4.78, 5) is 26.0. The van der Waals surface area contributed by atoms with Gasteiger partial charge in [0.1, 0.15) is 0 Å². The first-order chi connectivity index (χ1) is 11.1. The molecule has 23 heavy (non-hydrogen) atoms. The molecule has 1 aliphatic rings. The molecule has 0 fully saturated rings. The summed E-state index contributed by atoms with van der Waals surface area (Å²) in [5, 5.41) is 10.2. The maximum atomic E-state index is 12.5. The maximum absolute atomic E-state index is 12.5. The van der Waals surface area contributed by atoms with Crippen molar-refractivity contribution < 1.29 is 14.7 Å². The molecule has 4 heteroatoms. The van der Waals surface area contributed by atoms with Crippen molar-refractivity contribution >= 4 is 11.7 Å². The first-order valence-corrected chi connectivity index (χ1v) is 7.43. The van der Waals surface area contributed by atoms with Crippen molar-refractivity contribution in [2.24, 2.45) is 0 Å². The number of benzene rings is 2. The average molecular weight is 307 g/mol. The fourth-order valence-electron chi connectivity index (χ4n) is 2.94. The zero-order valence-electron chi connectivity index (χ0n) is 12.8. The van der Waals surface area contributed by atoms with Crippen molar-refractivity contribution in [1.29, 1.82) is 0 Å². The third kappa shape index (κ3) is 2.75. The normalized spacial score (nSPS) is 17.7. The van der Waals surface area contributed by atoms with Crippen molar-refractivity contribution in [2.75, 3.05) is 0 Å². The number of aliphatic hydroxyl groups excluding tert-OH is 1. The Morgan fingerprint density at radius 3 is 2.17 bits per heavy atom. The van der Waals surface area contributed by atoms with E-state index in [1.54, 1.807) is 0 Å². The van der Waals surface area contributed by atoms with Crippen LogP contribution in [0.2, 0.25) is 0 Å². The zero-order valence-corrected chi connectivity index (χ0v) is 12.8. The third-order valence-corrected chi connectivity index (χ3v) is 3.99. The molecule has 0 unspecified atom stereocenters. The standard InChI is InChI=1S/C19H17NO3/c1-13(21)16-17(15-10-6-3-7-11-15)20(19(23)18(16)22)12-14-8-4-2-5-9-14/h2-11,17,22H,12H2,1H3/t17-/m0/s1. The molecule has 0 aliphatic carbocycles. The van der Waals surface area contributed by atoms with Gasteiger partial charge in [0.15, 0.2) is 11.5 Å². The minimum Gasteiger partial charge on any atom is -0.503 e. The van der Waals surface area contributed by atoms with Gasteiger partial charge in [-0.2, -0.15) is 0 Å². The van der Waals surface area contributed by atoms with E-state index in [2.05, 4.69) is 0 Å². The quantitative estimate of drug-likeness (QED) is 0.944. The van der Waals surface area contributed by atoms with Crippen LogP contribution in [0.25, 0.3) is 0 Å². The third-order valence-electron chi connectivity index (χ3n) is 3.99. The van der Waals surface area contributed by atoms with Crippen LogP contribution in [0.3, 0.4) is 0 Å². The summed E-state index contributed by atoms with van der Waals surface area (Å²) in [7, 11) is 0. The number of rotatable bonds is 4. The van der Waals surface area contributed by atoms with Gasteiger partial charge in [0.05, 0.1) is 11.6 Å². The molecule has 1 atom stereocenters. The fraction of sp³-hybridized carbons (Fsp3) is 0.158. The van der Waals surface area contributed by atoms with Gasteiger partial charge in [0.2, 0.25) is 0 Å². The van der Waals surface area contributed by atoms with Crippen LogP contribution in [0.5, 0.6) is 0 Å². The highest BCUT2D eigenvalue weighted by molar-refractivity contribution is 6.08. The van der Waals surface area contributed by atoms with Gasteiger partial charge in [-0.15, -0.1) is 0 Å². The molecule has 1 amide bonds. The molecule has 1 heterocycles. The number of hydrogen-bond acceptors (Lipinski definition) is 3. The van der Waals surface area contributed by atoms with Crippen molar-refractivity contribution in [2.45, 2.75) is 19.5 Å². The zero-order chi connectivity index (χ0) is 16.4. The second kappa shape index (κ2) is 6.08. The molecule has 1 N–H and O–H groups in total. The minimum atomic E-state index is -0.554. The monoisotopic (exact) mass is 307 g/mol. The second-order valence-corrected chi connectivity index (χ2v) is 5.55. The summed E-state index contributed by atoms with van der Waals surface area (Å²) in [5.74, 6) is -1.24. The molecular formula is C19H17NO3. The van der Waals surface area contributed by atoms with E-state index in [1.807, 2.05) is 60.7 Å². The largest absolute Gasteiger partial charge is 0.503 e. The van der Waals surface area contributed by atoms with Gasteiger partial charge >= 0.3 is 0 Å². The lowest BCUT2D eigenvalue weighted by atomic mass is 9.96. The van der Waals surface area contributed by atoms with Crippen LogP contribution in [0.1, 0.15) is 24.1 Å². The number of amides is 1. The highest BCUT2D eigenvalue weighted by atomic mass is 16.3. The van der Waals surface area contributed by atoms with Crippen LogP contribution in [0.4, 0.5) is 0 Å². The molecule has 0 saturated heterocycles. The van der Waals surface area contributed by atoms with Gasteiger partial charge in [-0.1, -0.05) is 60.7 Å². The van der Waals surface area contributed by atoms with Gasteiger partial charge in [-0.05, 0) is 18.1 Å². The maximum Gasteiger partial charge on any atom is 0.290 e. The predicted molar refractivity (Wildman–Crippen MR) is 86.5 cm³/mol. The van der Waals surface area contributed by atoms with E-state index in [4.69, 9.17) is 0 Å². The molecule has 0 spiro atoms. The summed E-state index contributed by atoms with van der Waals surface area (Å²) in [6.07, 6.45) is 0. The Kier molecular flexibility index (Phi) is 3.98. The summed E-state index contributed by atoms with van der Waals surface area (Å²) in [6, 6.07) is 18.3. The van der Waals surface area contributed by atoms with E-state index in [9.17, 15) is 14.7 Å². The molecule has 2 aromatic carbocycles. The Hall–Kier alpha value is -2.88. The van der Waals surface area contributed by atoms with Crippen LogP contribution in [-0.4, -0.2) is 21.7 Å². The topological polar surface area (TPSA) is 57.6 Å². The number of carbonyl (C=O) groups is 2. The Balaban J connectivity index is 2.04. The molecule has 0 bridgehead atoms. The van der Waals surface area contributed by atoms with Crippen molar-refractivity contribution in [1.82, 2.24) is 4.90 Å². The number of nitrogens with zero attached hydrogens (tertiary/aromatic N) is 1. The van der Waals surface area contributed by atoms with E-state index in [0.717, 1.165) is 11.1 Å². The predicted octanol–water partition coefficient (Wildman–Crippen LogP) is 3.17. The van der Waals surface area contributed by atoms with Crippen LogP contribution < -0.4 is 0 Å². The molecule has 0 radical (unpaired) electrons. The number of hydrogen-bond donors (Lipinski definition) is 1. The number of Topliss-reactive ketones (excluding diaryl/α,β-unsaturated/α-hetero) is 1. The summed E-state index contributed by atoms with van der Waals surface area (Å²) in [5.41, 5.74) is 1.92. The first kappa shape index (κ1) is 15.0. The molecular weight excluding hydrogens is 290 g/mol. The van der Waals surface area contributed by atoms with Gasteiger partial charge in [-0.3, -0.25) is 9.59 Å². The molecule has 3 rings (SSSR count). The van der Waals surface area contributed by atoms with E-state index in [0.29, 0.717) is 6.54 Å². The second-order valence-electron chi connectivity index (χ2n) is 5.55. The van der Waals surface area contributed by atoms with Crippen LogP contribution in [0, 0.1) is 0 Å². The van der Waals surface area contributed by atoms with E-state index >= 15 is 0 Å². The first-order valence-electron chi connectivity index (χ1n) is 7.43. The Bertz CT molecular complexity index is 766. The summed E-state index contributed by atoms with van der Waals surface area (Å²) in [6.45, 7) is 1.71. The lowest BCUT2D eigenvalue weighted by Crippen LogP contribution is -2.30. The van der Waals surface area contributed by atoms with Crippen LogP contribution in [0.15, 0.2) is 72.0 Å². The average Bonchev–Trinajstić information content (AvgIpc) is 2.82. The van der Waals surface area contributed by atoms with Gasteiger partial charge in [0, 0.05) is 6.54 Å². The van der Waals surface area contributed by atoms with E-state index < -0.39 is 17.7 Å². The van der Waals surface area contributed by atoms with E-state index in [1.165, 1.54) is 11.8 Å². The molecule has 1 aliphatic heterocycles. The van der Waals surface area contributed by atoms with Crippen molar-refractivity contribution in [3.63, 3.8) is 0 Å². The summed E-state index contributed by atoms with van der Waals surface area (Å²) >= 11 is 0. The van der Waals surface area contributed by atoms with E-state index in [-0.39, 0.29) is 11.4 Å². The molecule has 0 aromatic heterocycles. The lowest BCUT2D eigenvalue weighted by molar-refractivity contribution is -0.130. The Morgan fingerprint density at radius 2 is 1.61 bits per heavy atom. The Morgan fingerprint density at radius 1 is 1.04 bits per heavy atom. The number of carbonyl (C=O) groups excluding carboxylic acids is 2. The van der Waals surface area contributed by atoms with Gasteiger partial charge in [-0.25, -0.2) is 0 Å². The highest BCUT2D eigenvalue weighted by Crippen LogP contribution is 2.38. The number of ketones is 1. The summed E-state index contributed by atoms with van der Waals surface area (Å²) < 4.78 is 0. The molecule has 4 nitrogen and oxygen atoms in total. The molecule has 116 valence electrons. The van der Waals surface area contributed by atoms with Crippen molar-refractivity contribution in [3.05, 3.63) is 83.1 Å². The molecule has 0 saturated carbocycles. The smallest absolute Gasteiger partial charge is 0.290 e. The number of aliphatic hydroxyl groups is 1. The minimum absolute atomic E-state index is 0.164. The SMILES string of the molecule is CC(=O)C1=C(O)C(=O)N(Cc2ccccc2)[C@H]1c1ccccc1.